The van der Waals surface area contributed by atoms with Gasteiger partial charge in [0.15, 0.2) is 5.17 Å². The first-order valence-electron chi connectivity index (χ1n) is 5.68. The molecule has 0 aromatic rings. The van der Waals surface area contributed by atoms with E-state index in [0.717, 1.165) is 11.1 Å². The first kappa shape index (κ1) is 11.1. The van der Waals surface area contributed by atoms with Crippen LogP contribution >= 0.6 is 11.8 Å². The average molecular weight is 224 g/mol. The van der Waals surface area contributed by atoms with E-state index < -0.39 is 0 Å². The maximum absolute atomic E-state index is 4.29. The van der Waals surface area contributed by atoms with Gasteiger partial charge in [-0.15, -0.1) is 0 Å². The largest absolute Gasteiger partial charge is 0.339 e. The lowest BCUT2D eigenvalue weighted by Crippen LogP contribution is -2.39. The minimum atomic E-state index is 0.232. The molecule has 2 nitrogen and oxygen atoms in total. The van der Waals surface area contributed by atoms with Crippen LogP contribution in [0.3, 0.4) is 0 Å². The van der Waals surface area contributed by atoms with Gasteiger partial charge in [0.2, 0.25) is 0 Å². The molecule has 0 radical (unpaired) electrons. The van der Waals surface area contributed by atoms with E-state index in [-0.39, 0.29) is 4.75 Å². The lowest BCUT2D eigenvalue weighted by Gasteiger charge is -2.39. The molecule has 1 atom stereocenters. The zero-order valence-electron chi connectivity index (χ0n) is 10.1. The molecular formula is C12H20N2S. The van der Waals surface area contributed by atoms with E-state index in [2.05, 4.69) is 31.1 Å². The quantitative estimate of drug-likeness (QED) is 0.683. The predicted molar refractivity (Wildman–Crippen MR) is 68.2 cm³/mol. The van der Waals surface area contributed by atoms with Crippen molar-refractivity contribution in [2.75, 3.05) is 7.05 Å². The molecule has 1 heterocycles. The van der Waals surface area contributed by atoms with E-state index in [1.807, 2.05) is 18.8 Å². The van der Waals surface area contributed by atoms with E-state index >= 15 is 0 Å². The molecule has 0 unspecified atom stereocenters. The first-order valence-corrected chi connectivity index (χ1v) is 6.50. The Morgan fingerprint density at radius 3 is 2.87 bits per heavy atom. The lowest BCUT2D eigenvalue weighted by molar-refractivity contribution is 0.468. The van der Waals surface area contributed by atoms with Crippen molar-refractivity contribution in [1.82, 2.24) is 5.32 Å². The molecule has 0 aromatic carbocycles. The molecule has 0 saturated carbocycles. The molecule has 1 N–H and O–H groups in total. The fourth-order valence-corrected chi connectivity index (χ4v) is 3.56. The standard InChI is InChI=1S/C12H20N2S/c1-8-5-6-9-10(7-8)14-11(13-4)15-12(9,2)3/h8H,5-7H2,1-4H3,(H,13,14)/t8-/m1/s1. The normalized spacial score (nSPS) is 32.5. The van der Waals surface area contributed by atoms with Gasteiger partial charge in [0, 0.05) is 17.5 Å². The number of hydrogen-bond acceptors (Lipinski definition) is 2. The van der Waals surface area contributed by atoms with Crippen molar-refractivity contribution < 1.29 is 0 Å². The van der Waals surface area contributed by atoms with Crippen LogP contribution in [0.25, 0.3) is 0 Å². The number of aliphatic imine (C=N–C) groups is 1. The number of amidine groups is 1. The Labute approximate surface area is 96.6 Å². The van der Waals surface area contributed by atoms with Gasteiger partial charge < -0.3 is 5.32 Å². The number of rotatable bonds is 0. The van der Waals surface area contributed by atoms with Gasteiger partial charge in [0.05, 0.1) is 0 Å². The van der Waals surface area contributed by atoms with Gasteiger partial charge >= 0.3 is 0 Å². The summed E-state index contributed by atoms with van der Waals surface area (Å²) in [5.74, 6) is 0.813. The topological polar surface area (TPSA) is 24.4 Å². The molecule has 1 aliphatic heterocycles. The highest BCUT2D eigenvalue weighted by Crippen LogP contribution is 2.44. The summed E-state index contributed by atoms with van der Waals surface area (Å²) < 4.78 is 0.232. The van der Waals surface area contributed by atoms with Crippen LogP contribution in [-0.4, -0.2) is 17.0 Å². The monoisotopic (exact) mass is 224 g/mol. The first-order chi connectivity index (χ1) is 7.03. The summed E-state index contributed by atoms with van der Waals surface area (Å²) in [6, 6.07) is 0. The Bertz CT molecular complexity index is 329. The molecule has 0 amide bonds. The second-order valence-electron chi connectivity index (χ2n) is 5.07. The molecule has 0 fully saturated rings. The van der Waals surface area contributed by atoms with E-state index in [4.69, 9.17) is 0 Å². The second-order valence-corrected chi connectivity index (χ2v) is 6.68. The van der Waals surface area contributed by atoms with E-state index in [1.54, 1.807) is 5.57 Å². The fraction of sp³-hybridized carbons (Fsp3) is 0.750. The molecule has 0 spiro atoms. The van der Waals surface area contributed by atoms with Crippen LogP contribution in [-0.2, 0) is 0 Å². The molecule has 0 bridgehead atoms. The summed E-state index contributed by atoms with van der Waals surface area (Å²) in [4.78, 5) is 4.29. The van der Waals surface area contributed by atoms with Crippen LogP contribution in [0.4, 0.5) is 0 Å². The third-order valence-electron chi connectivity index (χ3n) is 3.34. The fourth-order valence-electron chi connectivity index (χ4n) is 2.47. The number of hydrogen-bond donors (Lipinski definition) is 1. The molecular weight excluding hydrogens is 204 g/mol. The highest BCUT2D eigenvalue weighted by Gasteiger charge is 2.35. The number of nitrogens with one attached hydrogen (secondary N) is 1. The molecule has 84 valence electrons. The summed E-state index contributed by atoms with van der Waals surface area (Å²) in [5, 5.41) is 4.56. The van der Waals surface area contributed by atoms with Crippen molar-refractivity contribution in [3.63, 3.8) is 0 Å². The van der Waals surface area contributed by atoms with Crippen LogP contribution in [0.2, 0.25) is 0 Å². The van der Waals surface area contributed by atoms with Crippen LogP contribution in [0, 0.1) is 5.92 Å². The predicted octanol–water partition coefficient (Wildman–Crippen LogP) is 3.16. The maximum atomic E-state index is 4.29. The Morgan fingerprint density at radius 1 is 1.47 bits per heavy atom. The summed E-state index contributed by atoms with van der Waals surface area (Å²) in [6.45, 7) is 6.97. The van der Waals surface area contributed by atoms with Gasteiger partial charge in [0.25, 0.3) is 0 Å². The summed E-state index contributed by atoms with van der Waals surface area (Å²) >= 11 is 1.86. The molecule has 0 saturated heterocycles. The Morgan fingerprint density at radius 2 is 2.20 bits per heavy atom. The van der Waals surface area contributed by atoms with Gasteiger partial charge in [-0.05, 0) is 44.6 Å². The summed E-state index contributed by atoms with van der Waals surface area (Å²) in [7, 11) is 1.86. The van der Waals surface area contributed by atoms with Gasteiger partial charge in [-0.1, -0.05) is 18.7 Å². The second kappa shape index (κ2) is 3.85. The molecule has 3 heteroatoms. The van der Waals surface area contributed by atoms with Crippen LogP contribution in [0.5, 0.6) is 0 Å². The maximum Gasteiger partial charge on any atom is 0.161 e. The van der Waals surface area contributed by atoms with Crippen molar-refractivity contribution in [2.24, 2.45) is 10.9 Å². The van der Waals surface area contributed by atoms with Gasteiger partial charge in [-0.3, -0.25) is 4.99 Å². The Balaban J connectivity index is 2.34. The zero-order valence-corrected chi connectivity index (χ0v) is 10.9. The zero-order chi connectivity index (χ0) is 11.1. The lowest BCUT2D eigenvalue weighted by atomic mass is 9.83. The molecule has 1 aliphatic carbocycles. The van der Waals surface area contributed by atoms with Gasteiger partial charge in [0.1, 0.15) is 0 Å². The number of nitrogens with zero attached hydrogens (tertiary/aromatic N) is 1. The number of allylic oxidation sites excluding steroid dienone is 1. The molecule has 15 heavy (non-hydrogen) atoms. The van der Waals surface area contributed by atoms with Crippen LogP contribution < -0.4 is 5.32 Å². The van der Waals surface area contributed by atoms with Gasteiger partial charge in [-0.25, -0.2) is 0 Å². The van der Waals surface area contributed by atoms with Crippen LogP contribution in [0.1, 0.15) is 40.0 Å². The van der Waals surface area contributed by atoms with Crippen molar-refractivity contribution in [3.8, 4) is 0 Å². The average Bonchev–Trinajstić information content (AvgIpc) is 2.15. The van der Waals surface area contributed by atoms with Gasteiger partial charge in [-0.2, -0.15) is 0 Å². The van der Waals surface area contributed by atoms with E-state index in [1.165, 1.54) is 25.0 Å². The molecule has 2 rings (SSSR count). The van der Waals surface area contributed by atoms with Crippen molar-refractivity contribution >= 4 is 16.9 Å². The molecule has 0 aromatic heterocycles. The third-order valence-corrected chi connectivity index (χ3v) is 4.58. The number of thioether (sulfide) groups is 1. The van der Waals surface area contributed by atoms with Crippen molar-refractivity contribution in [1.29, 1.82) is 0 Å². The summed E-state index contributed by atoms with van der Waals surface area (Å²) in [5.41, 5.74) is 3.05. The SMILES string of the molecule is CN=C1NC2=C(CC[C@@H](C)C2)C(C)(C)S1. The smallest absolute Gasteiger partial charge is 0.161 e. The Kier molecular flexibility index (Phi) is 2.84. The van der Waals surface area contributed by atoms with E-state index in [9.17, 15) is 0 Å². The minimum Gasteiger partial charge on any atom is -0.339 e. The molecule has 2 aliphatic rings. The Hall–Kier alpha value is -0.440. The van der Waals surface area contributed by atoms with Crippen molar-refractivity contribution in [2.45, 2.75) is 44.8 Å². The third kappa shape index (κ3) is 2.07. The van der Waals surface area contributed by atoms with E-state index in [0.29, 0.717) is 0 Å². The van der Waals surface area contributed by atoms with Crippen molar-refractivity contribution in [3.05, 3.63) is 11.3 Å². The minimum absolute atomic E-state index is 0.232. The highest BCUT2D eigenvalue weighted by molar-refractivity contribution is 8.15. The van der Waals surface area contributed by atoms with Crippen LogP contribution in [0.15, 0.2) is 16.3 Å². The summed E-state index contributed by atoms with van der Waals surface area (Å²) in [6.07, 6.45) is 3.78. The highest BCUT2D eigenvalue weighted by atomic mass is 32.2.